The van der Waals surface area contributed by atoms with E-state index in [4.69, 9.17) is 0 Å². The molecule has 1 fully saturated rings. The Morgan fingerprint density at radius 3 is 2.61 bits per heavy atom. The first-order chi connectivity index (χ1) is 8.42. The monoisotopic (exact) mass is 250 g/mol. The van der Waals surface area contributed by atoms with E-state index in [1.807, 2.05) is 0 Å². The smallest absolute Gasteiger partial charge is 0.276 e. The van der Waals surface area contributed by atoms with Gasteiger partial charge >= 0.3 is 0 Å². The third kappa shape index (κ3) is 2.69. The maximum absolute atomic E-state index is 10.8. The molecule has 18 heavy (non-hydrogen) atoms. The van der Waals surface area contributed by atoms with Gasteiger partial charge in [-0.15, -0.1) is 0 Å². The standard InChI is InChI=1S/C12H18N4O2/c1-12(2)6-8(12)7-14-11-5-9(16(17)18)4-10(13-3)15-11/h4-5,8H,6-7H2,1-3H3,(H2,13,14,15). The SMILES string of the molecule is CNc1cc([N+](=O)[O-])cc(NCC2CC2(C)C)n1. The average Bonchev–Trinajstić information content (AvgIpc) is 2.94. The summed E-state index contributed by atoms with van der Waals surface area (Å²) in [5.41, 5.74) is 0.437. The summed E-state index contributed by atoms with van der Waals surface area (Å²) in [5.74, 6) is 1.68. The molecule has 1 aliphatic carbocycles. The predicted octanol–water partition coefficient (Wildman–Crippen LogP) is 2.49. The second kappa shape index (κ2) is 4.44. The van der Waals surface area contributed by atoms with Crippen LogP contribution in [0.2, 0.25) is 0 Å². The Morgan fingerprint density at radius 1 is 1.50 bits per heavy atom. The molecular formula is C12H18N4O2. The second-order valence-electron chi connectivity index (χ2n) is 5.37. The third-order valence-corrected chi connectivity index (χ3v) is 3.52. The molecule has 0 amide bonds. The number of nitrogens with zero attached hydrogens (tertiary/aromatic N) is 2. The van der Waals surface area contributed by atoms with E-state index in [2.05, 4.69) is 29.5 Å². The van der Waals surface area contributed by atoms with Crippen molar-refractivity contribution in [3.63, 3.8) is 0 Å². The van der Waals surface area contributed by atoms with Gasteiger partial charge in [0.1, 0.15) is 11.6 Å². The highest BCUT2D eigenvalue weighted by atomic mass is 16.6. The van der Waals surface area contributed by atoms with Crippen molar-refractivity contribution in [2.75, 3.05) is 24.2 Å². The number of hydrogen-bond donors (Lipinski definition) is 2. The zero-order chi connectivity index (χ0) is 13.3. The lowest BCUT2D eigenvalue weighted by atomic mass is 10.1. The van der Waals surface area contributed by atoms with Gasteiger partial charge < -0.3 is 10.6 Å². The van der Waals surface area contributed by atoms with Gasteiger partial charge in [-0.1, -0.05) is 13.8 Å². The van der Waals surface area contributed by atoms with Crippen LogP contribution >= 0.6 is 0 Å². The average molecular weight is 250 g/mol. The molecule has 0 saturated heterocycles. The van der Waals surface area contributed by atoms with E-state index in [9.17, 15) is 10.1 Å². The molecule has 6 nitrogen and oxygen atoms in total. The normalized spacial score (nSPS) is 20.3. The van der Waals surface area contributed by atoms with Gasteiger partial charge in [0.2, 0.25) is 0 Å². The summed E-state index contributed by atoms with van der Waals surface area (Å²) < 4.78 is 0. The van der Waals surface area contributed by atoms with Crippen LogP contribution in [-0.4, -0.2) is 23.5 Å². The summed E-state index contributed by atoms with van der Waals surface area (Å²) in [7, 11) is 1.69. The Morgan fingerprint density at radius 2 is 2.11 bits per heavy atom. The fourth-order valence-electron chi connectivity index (χ4n) is 1.99. The molecule has 2 N–H and O–H groups in total. The first-order valence-corrected chi connectivity index (χ1v) is 6.00. The molecule has 1 saturated carbocycles. The number of anilines is 2. The van der Waals surface area contributed by atoms with Crippen LogP contribution in [0.15, 0.2) is 12.1 Å². The summed E-state index contributed by atoms with van der Waals surface area (Å²) in [4.78, 5) is 14.6. The molecule has 1 aromatic heterocycles. The molecule has 6 heteroatoms. The second-order valence-corrected chi connectivity index (χ2v) is 5.37. The lowest BCUT2D eigenvalue weighted by Gasteiger charge is -2.08. The van der Waals surface area contributed by atoms with E-state index < -0.39 is 4.92 Å². The zero-order valence-corrected chi connectivity index (χ0v) is 10.9. The number of pyridine rings is 1. The Labute approximate surface area is 106 Å². The van der Waals surface area contributed by atoms with Gasteiger partial charge in [-0.3, -0.25) is 10.1 Å². The van der Waals surface area contributed by atoms with Crippen molar-refractivity contribution in [1.29, 1.82) is 0 Å². The van der Waals surface area contributed by atoms with Crippen molar-refractivity contribution in [3.05, 3.63) is 22.2 Å². The van der Waals surface area contributed by atoms with Crippen molar-refractivity contribution in [3.8, 4) is 0 Å². The molecule has 0 aliphatic heterocycles. The van der Waals surface area contributed by atoms with Gasteiger partial charge in [-0.25, -0.2) is 4.98 Å². The van der Waals surface area contributed by atoms with Crippen molar-refractivity contribution in [2.24, 2.45) is 11.3 Å². The van der Waals surface area contributed by atoms with Gasteiger partial charge in [0.25, 0.3) is 5.69 Å². The minimum absolute atomic E-state index is 0.0481. The van der Waals surface area contributed by atoms with Crippen LogP contribution in [0.1, 0.15) is 20.3 Å². The Kier molecular flexibility index (Phi) is 3.11. The van der Waals surface area contributed by atoms with E-state index in [1.54, 1.807) is 7.05 Å². The quantitative estimate of drug-likeness (QED) is 0.620. The Balaban J connectivity index is 2.07. The topological polar surface area (TPSA) is 80.1 Å². The highest BCUT2D eigenvalue weighted by molar-refractivity contribution is 5.54. The number of rotatable bonds is 5. The van der Waals surface area contributed by atoms with Crippen molar-refractivity contribution in [1.82, 2.24) is 4.98 Å². The van der Waals surface area contributed by atoms with Crippen molar-refractivity contribution in [2.45, 2.75) is 20.3 Å². The number of hydrogen-bond acceptors (Lipinski definition) is 5. The summed E-state index contributed by atoms with van der Waals surface area (Å²) in [5, 5.41) is 16.8. The van der Waals surface area contributed by atoms with E-state index in [-0.39, 0.29) is 5.69 Å². The predicted molar refractivity (Wildman–Crippen MR) is 70.8 cm³/mol. The molecule has 0 radical (unpaired) electrons. The number of nitro groups is 1. The van der Waals surface area contributed by atoms with Gasteiger partial charge in [0.15, 0.2) is 0 Å². The maximum atomic E-state index is 10.8. The highest BCUT2D eigenvalue weighted by Gasteiger charge is 2.45. The molecule has 1 unspecified atom stereocenters. The molecule has 0 spiro atoms. The van der Waals surface area contributed by atoms with Gasteiger partial charge in [-0.2, -0.15) is 0 Å². The van der Waals surface area contributed by atoms with E-state index in [0.717, 1.165) is 6.54 Å². The van der Waals surface area contributed by atoms with Crippen molar-refractivity contribution < 1.29 is 4.92 Å². The Hall–Kier alpha value is -1.85. The van der Waals surface area contributed by atoms with Crippen LogP contribution in [-0.2, 0) is 0 Å². The molecule has 1 heterocycles. The van der Waals surface area contributed by atoms with Gasteiger partial charge in [0, 0.05) is 13.6 Å². The van der Waals surface area contributed by atoms with Crippen LogP contribution in [0.5, 0.6) is 0 Å². The number of nitrogens with one attached hydrogen (secondary N) is 2. The molecule has 0 aromatic carbocycles. The summed E-state index contributed by atoms with van der Waals surface area (Å²) in [6.07, 6.45) is 1.19. The lowest BCUT2D eigenvalue weighted by molar-refractivity contribution is -0.384. The van der Waals surface area contributed by atoms with Gasteiger partial charge in [-0.05, 0) is 17.8 Å². The molecule has 1 aliphatic rings. The van der Waals surface area contributed by atoms with E-state index >= 15 is 0 Å². The van der Waals surface area contributed by atoms with Crippen LogP contribution in [0.3, 0.4) is 0 Å². The fraction of sp³-hybridized carbons (Fsp3) is 0.583. The lowest BCUT2D eigenvalue weighted by Crippen LogP contribution is -2.09. The minimum Gasteiger partial charge on any atom is -0.373 e. The molecular weight excluding hydrogens is 232 g/mol. The molecule has 1 atom stereocenters. The highest BCUT2D eigenvalue weighted by Crippen LogP contribution is 2.51. The van der Waals surface area contributed by atoms with Crippen LogP contribution < -0.4 is 10.6 Å². The minimum atomic E-state index is -0.408. The third-order valence-electron chi connectivity index (χ3n) is 3.52. The molecule has 2 rings (SSSR count). The first kappa shape index (κ1) is 12.6. The molecule has 1 aromatic rings. The van der Waals surface area contributed by atoms with Gasteiger partial charge in [0.05, 0.1) is 17.1 Å². The van der Waals surface area contributed by atoms with Crippen molar-refractivity contribution >= 4 is 17.3 Å². The molecule has 0 bridgehead atoms. The van der Waals surface area contributed by atoms with Crippen LogP contribution in [0.4, 0.5) is 17.3 Å². The molecule has 98 valence electrons. The summed E-state index contributed by atoms with van der Waals surface area (Å²) in [6.45, 7) is 5.25. The number of aromatic nitrogens is 1. The Bertz CT molecular complexity index is 473. The van der Waals surface area contributed by atoms with E-state index in [0.29, 0.717) is 23.0 Å². The van der Waals surface area contributed by atoms with E-state index in [1.165, 1.54) is 18.6 Å². The van der Waals surface area contributed by atoms with Crippen LogP contribution in [0.25, 0.3) is 0 Å². The first-order valence-electron chi connectivity index (χ1n) is 6.00. The fourth-order valence-corrected chi connectivity index (χ4v) is 1.99. The summed E-state index contributed by atoms with van der Waals surface area (Å²) in [6, 6.07) is 2.89. The zero-order valence-electron chi connectivity index (χ0n) is 10.9. The summed E-state index contributed by atoms with van der Waals surface area (Å²) >= 11 is 0. The maximum Gasteiger partial charge on any atom is 0.276 e. The largest absolute Gasteiger partial charge is 0.373 e. The van der Waals surface area contributed by atoms with Crippen LogP contribution in [0, 0.1) is 21.4 Å².